The molecule has 2 rings (SSSR count). The number of rotatable bonds is 5. The van der Waals surface area contributed by atoms with Crippen molar-refractivity contribution in [2.45, 2.75) is 19.5 Å². The molecule has 0 aromatic heterocycles. The van der Waals surface area contributed by atoms with E-state index >= 15 is 0 Å². The molecule has 0 aliphatic rings. The SMILES string of the molecule is COc1cccc(Cl)c1CNC(C)c1ccccc1Cl. The molecule has 1 atom stereocenters. The van der Waals surface area contributed by atoms with Crippen molar-refractivity contribution in [1.82, 2.24) is 5.32 Å². The first-order chi connectivity index (χ1) is 9.63. The third-order valence-electron chi connectivity index (χ3n) is 3.25. The number of nitrogens with one attached hydrogen (secondary N) is 1. The van der Waals surface area contributed by atoms with Gasteiger partial charge in [0, 0.05) is 28.2 Å². The van der Waals surface area contributed by atoms with Crippen molar-refractivity contribution in [2.24, 2.45) is 0 Å². The Labute approximate surface area is 129 Å². The molecule has 2 aromatic carbocycles. The fourth-order valence-corrected chi connectivity index (χ4v) is 2.63. The molecule has 1 N–H and O–H groups in total. The zero-order chi connectivity index (χ0) is 14.5. The minimum atomic E-state index is 0.129. The van der Waals surface area contributed by atoms with Crippen LogP contribution in [0.15, 0.2) is 42.5 Å². The van der Waals surface area contributed by atoms with Crippen LogP contribution >= 0.6 is 23.2 Å². The van der Waals surface area contributed by atoms with Gasteiger partial charge >= 0.3 is 0 Å². The van der Waals surface area contributed by atoms with Crippen LogP contribution in [0.2, 0.25) is 10.0 Å². The minimum absolute atomic E-state index is 0.129. The van der Waals surface area contributed by atoms with Gasteiger partial charge in [-0.15, -0.1) is 0 Å². The number of benzene rings is 2. The molecular formula is C16H17Cl2NO. The molecule has 4 heteroatoms. The summed E-state index contributed by atoms with van der Waals surface area (Å²) in [5, 5.41) is 4.88. The van der Waals surface area contributed by atoms with E-state index in [1.54, 1.807) is 7.11 Å². The first-order valence-corrected chi connectivity index (χ1v) is 7.18. The molecule has 0 spiro atoms. The highest BCUT2D eigenvalue weighted by Gasteiger charge is 2.12. The van der Waals surface area contributed by atoms with Gasteiger partial charge in [0.05, 0.1) is 7.11 Å². The molecule has 2 nitrogen and oxygen atoms in total. The summed E-state index contributed by atoms with van der Waals surface area (Å²) in [4.78, 5) is 0. The maximum Gasteiger partial charge on any atom is 0.124 e. The van der Waals surface area contributed by atoms with Crippen LogP contribution in [0.25, 0.3) is 0 Å². The predicted molar refractivity (Wildman–Crippen MR) is 84.7 cm³/mol. The Morgan fingerprint density at radius 1 is 1.05 bits per heavy atom. The summed E-state index contributed by atoms with van der Waals surface area (Å²) in [7, 11) is 1.65. The Morgan fingerprint density at radius 3 is 2.45 bits per heavy atom. The second-order valence-electron chi connectivity index (χ2n) is 4.54. The van der Waals surface area contributed by atoms with Crippen LogP contribution in [0.5, 0.6) is 5.75 Å². The molecule has 0 bridgehead atoms. The lowest BCUT2D eigenvalue weighted by Crippen LogP contribution is -2.19. The predicted octanol–water partition coefficient (Wildman–Crippen LogP) is 4.85. The van der Waals surface area contributed by atoms with Gasteiger partial charge in [0.1, 0.15) is 5.75 Å². The van der Waals surface area contributed by atoms with Crippen molar-refractivity contribution in [1.29, 1.82) is 0 Å². The van der Waals surface area contributed by atoms with Crippen molar-refractivity contribution < 1.29 is 4.74 Å². The molecule has 2 aromatic rings. The Morgan fingerprint density at radius 2 is 1.75 bits per heavy atom. The van der Waals surface area contributed by atoms with Gasteiger partial charge in [-0.2, -0.15) is 0 Å². The number of hydrogen-bond acceptors (Lipinski definition) is 2. The van der Waals surface area contributed by atoms with E-state index in [9.17, 15) is 0 Å². The van der Waals surface area contributed by atoms with Gasteiger partial charge in [0.2, 0.25) is 0 Å². The van der Waals surface area contributed by atoms with Crippen molar-refractivity contribution in [3.05, 3.63) is 63.6 Å². The highest BCUT2D eigenvalue weighted by molar-refractivity contribution is 6.31. The molecule has 106 valence electrons. The second kappa shape index (κ2) is 6.98. The summed E-state index contributed by atoms with van der Waals surface area (Å²) in [6, 6.07) is 13.6. The summed E-state index contributed by atoms with van der Waals surface area (Å²) in [5.74, 6) is 0.788. The fraction of sp³-hybridized carbons (Fsp3) is 0.250. The lowest BCUT2D eigenvalue weighted by Gasteiger charge is -2.17. The van der Waals surface area contributed by atoms with Crippen molar-refractivity contribution >= 4 is 23.2 Å². The Bertz CT molecular complexity index is 586. The smallest absolute Gasteiger partial charge is 0.124 e. The van der Waals surface area contributed by atoms with Gasteiger partial charge < -0.3 is 10.1 Å². The van der Waals surface area contributed by atoms with E-state index in [-0.39, 0.29) is 6.04 Å². The Balaban J connectivity index is 2.11. The van der Waals surface area contributed by atoms with Gasteiger partial charge in [-0.25, -0.2) is 0 Å². The number of methoxy groups -OCH3 is 1. The van der Waals surface area contributed by atoms with Crippen molar-refractivity contribution in [3.8, 4) is 5.75 Å². The van der Waals surface area contributed by atoms with Crippen LogP contribution in [0, 0.1) is 0 Å². The summed E-state index contributed by atoms with van der Waals surface area (Å²) in [6.45, 7) is 2.69. The third-order valence-corrected chi connectivity index (χ3v) is 3.95. The molecule has 0 fully saturated rings. The number of ether oxygens (including phenoxy) is 1. The number of hydrogen-bond donors (Lipinski definition) is 1. The third kappa shape index (κ3) is 3.45. The van der Waals surface area contributed by atoms with Crippen LogP contribution in [0.3, 0.4) is 0 Å². The summed E-state index contributed by atoms with van der Waals surface area (Å²) in [6.07, 6.45) is 0. The van der Waals surface area contributed by atoms with Gasteiger partial charge in [0.25, 0.3) is 0 Å². The van der Waals surface area contributed by atoms with Crippen LogP contribution < -0.4 is 10.1 Å². The summed E-state index contributed by atoms with van der Waals surface area (Å²) >= 11 is 12.4. The summed E-state index contributed by atoms with van der Waals surface area (Å²) < 4.78 is 5.34. The maximum atomic E-state index is 6.22. The van der Waals surface area contributed by atoms with E-state index in [2.05, 4.69) is 12.2 Å². The molecule has 0 aliphatic carbocycles. The Hall–Kier alpha value is -1.22. The van der Waals surface area contributed by atoms with Crippen molar-refractivity contribution in [2.75, 3.05) is 7.11 Å². The molecule has 20 heavy (non-hydrogen) atoms. The minimum Gasteiger partial charge on any atom is -0.496 e. The van der Waals surface area contributed by atoms with E-state index < -0.39 is 0 Å². The standard InChI is InChI=1S/C16H17Cl2NO/c1-11(12-6-3-4-7-14(12)17)19-10-13-15(18)8-5-9-16(13)20-2/h3-9,11,19H,10H2,1-2H3. The van der Waals surface area contributed by atoms with Crippen LogP contribution in [-0.4, -0.2) is 7.11 Å². The molecule has 0 saturated heterocycles. The highest BCUT2D eigenvalue weighted by Crippen LogP contribution is 2.28. The van der Waals surface area contributed by atoms with Crippen LogP contribution in [0.4, 0.5) is 0 Å². The fourth-order valence-electron chi connectivity index (χ4n) is 2.09. The normalized spacial score (nSPS) is 12.2. The molecule has 0 radical (unpaired) electrons. The monoisotopic (exact) mass is 309 g/mol. The van der Waals surface area contributed by atoms with Crippen LogP contribution in [-0.2, 0) is 6.54 Å². The quantitative estimate of drug-likeness (QED) is 0.852. The number of halogens is 2. The highest BCUT2D eigenvalue weighted by atomic mass is 35.5. The van der Waals surface area contributed by atoms with Gasteiger partial charge in [-0.3, -0.25) is 0 Å². The first kappa shape index (κ1) is 15.2. The average Bonchev–Trinajstić information content (AvgIpc) is 2.46. The van der Waals surface area contributed by atoms with E-state index in [4.69, 9.17) is 27.9 Å². The Kier molecular flexibility index (Phi) is 5.30. The molecule has 1 unspecified atom stereocenters. The molecule has 0 saturated carbocycles. The molecule has 0 amide bonds. The topological polar surface area (TPSA) is 21.3 Å². The van der Waals surface area contributed by atoms with E-state index in [0.717, 1.165) is 21.9 Å². The van der Waals surface area contributed by atoms with Gasteiger partial charge in [0.15, 0.2) is 0 Å². The second-order valence-corrected chi connectivity index (χ2v) is 5.36. The van der Waals surface area contributed by atoms with Crippen molar-refractivity contribution in [3.63, 3.8) is 0 Å². The molecule has 0 aliphatic heterocycles. The molecule has 0 heterocycles. The van der Waals surface area contributed by atoms with Gasteiger partial charge in [-0.1, -0.05) is 47.5 Å². The zero-order valence-electron chi connectivity index (χ0n) is 11.5. The van der Waals surface area contributed by atoms with E-state index in [1.807, 2.05) is 42.5 Å². The maximum absolute atomic E-state index is 6.22. The molecular weight excluding hydrogens is 293 g/mol. The van der Waals surface area contributed by atoms with Crippen LogP contribution in [0.1, 0.15) is 24.1 Å². The average molecular weight is 310 g/mol. The van der Waals surface area contributed by atoms with E-state index in [0.29, 0.717) is 11.6 Å². The zero-order valence-corrected chi connectivity index (χ0v) is 13.0. The first-order valence-electron chi connectivity index (χ1n) is 6.42. The lowest BCUT2D eigenvalue weighted by molar-refractivity contribution is 0.406. The summed E-state index contributed by atoms with van der Waals surface area (Å²) in [5.41, 5.74) is 2.02. The van der Waals surface area contributed by atoms with E-state index in [1.165, 1.54) is 0 Å². The van der Waals surface area contributed by atoms with Gasteiger partial charge in [-0.05, 0) is 30.7 Å². The largest absolute Gasteiger partial charge is 0.496 e. The lowest BCUT2D eigenvalue weighted by atomic mass is 10.1.